The molecule has 0 aliphatic heterocycles. The minimum atomic E-state index is -0.940. The molecule has 1 aliphatic rings. The number of pyridine rings is 1. The summed E-state index contributed by atoms with van der Waals surface area (Å²) in [5.41, 5.74) is 2.18. The monoisotopic (exact) mass is 572 g/mol. The van der Waals surface area contributed by atoms with E-state index >= 15 is 0 Å². The lowest BCUT2D eigenvalue weighted by atomic mass is 9.94. The molecule has 1 aliphatic carbocycles. The van der Waals surface area contributed by atoms with Gasteiger partial charge in [-0.2, -0.15) is 0 Å². The highest BCUT2D eigenvalue weighted by Gasteiger charge is 2.35. The van der Waals surface area contributed by atoms with E-state index in [1.165, 1.54) is 12.0 Å². The van der Waals surface area contributed by atoms with Crippen LogP contribution in [0.15, 0.2) is 66.9 Å². The van der Waals surface area contributed by atoms with Crippen molar-refractivity contribution in [1.29, 1.82) is 0 Å². The van der Waals surface area contributed by atoms with Crippen LogP contribution in [-0.4, -0.2) is 43.0 Å². The number of aromatic nitrogens is 1. The molecular formula is C33H40N4O5. The van der Waals surface area contributed by atoms with Gasteiger partial charge in [0.1, 0.15) is 23.4 Å². The number of aryl methyl sites for hydroxylation is 1. The average molecular weight is 573 g/mol. The molecule has 3 amide bonds. The van der Waals surface area contributed by atoms with E-state index in [0.29, 0.717) is 28.6 Å². The Kier molecular flexibility index (Phi) is 10.9. The molecule has 2 N–H and O–H groups in total. The summed E-state index contributed by atoms with van der Waals surface area (Å²) in [4.78, 5) is 46.4. The summed E-state index contributed by atoms with van der Waals surface area (Å²) in [5, 5.41) is 5.98. The van der Waals surface area contributed by atoms with E-state index in [-0.39, 0.29) is 43.0 Å². The second kappa shape index (κ2) is 15.0. The molecule has 1 fully saturated rings. The van der Waals surface area contributed by atoms with Gasteiger partial charge in [-0.3, -0.25) is 19.3 Å². The van der Waals surface area contributed by atoms with Crippen LogP contribution in [0.3, 0.4) is 0 Å². The quantitative estimate of drug-likeness (QED) is 0.287. The Morgan fingerprint density at radius 3 is 2.38 bits per heavy atom. The Morgan fingerprint density at radius 1 is 0.952 bits per heavy atom. The van der Waals surface area contributed by atoms with Crippen LogP contribution in [0, 0.1) is 6.92 Å². The summed E-state index contributed by atoms with van der Waals surface area (Å²) in [5.74, 6) is 0.640. The number of benzene rings is 2. The molecule has 42 heavy (non-hydrogen) atoms. The number of nitrogens with zero attached hydrogens (tertiary/aromatic N) is 2. The van der Waals surface area contributed by atoms with E-state index in [1.807, 2.05) is 31.2 Å². The lowest BCUT2D eigenvalue weighted by molar-refractivity contribution is -0.127. The van der Waals surface area contributed by atoms with Gasteiger partial charge in [0.05, 0.1) is 19.9 Å². The predicted molar refractivity (Wildman–Crippen MR) is 163 cm³/mol. The van der Waals surface area contributed by atoms with E-state index in [4.69, 9.17) is 9.47 Å². The van der Waals surface area contributed by atoms with Gasteiger partial charge in [-0.15, -0.1) is 0 Å². The zero-order chi connectivity index (χ0) is 29.9. The fourth-order valence-corrected chi connectivity index (χ4v) is 5.26. The van der Waals surface area contributed by atoms with Gasteiger partial charge in [-0.1, -0.05) is 55.2 Å². The van der Waals surface area contributed by atoms with Gasteiger partial charge < -0.3 is 20.1 Å². The first-order valence-corrected chi connectivity index (χ1v) is 14.5. The Balaban J connectivity index is 1.65. The van der Waals surface area contributed by atoms with Gasteiger partial charge in [-0.05, 0) is 56.0 Å². The second-order valence-electron chi connectivity index (χ2n) is 10.6. The number of carbonyl (C=O) groups excluding carboxylic acids is 3. The molecule has 222 valence electrons. The predicted octanol–water partition coefficient (Wildman–Crippen LogP) is 5.74. The highest BCUT2D eigenvalue weighted by molar-refractivity contribution is 6.02. The minimum absolute atomic E-state index is 0.0455. The maximum Gasteiger partial charge on any atom is 0.248 e. The molecule has 0 unspecified atom stereocenters. The van der Waals surface area contributed by atoms with Crippen molar-refractivity contribution in [3.63, 3.8) is 0 Å². The molecule has 1 heterocycles. The van der Waals surface area contributed by atoms with Gasteiger partial charge in [-0.25, -0.2) is 4.98 Å². The van der Waals surface area contributed by atoms with Crippen LogP contribution < -0.4 is 25.0 Å². The largest absolute Gasteiger partial charge is 0.497 e. The summed E-state index contributed by atoms with van der Waals surface area (Å²) < 4.78 is 11.1. The van der Waals surface area contributed by atoms with Crippen LogP contribution in [0.25, 0.3) is 0 Å². The van der Waals surface area contributed by atoms with E-state index in [0.717, 1.165) is 37.7 Å². The maximum absolute atomic E-state index is 14.1. The summed E-state index contributed by atoms with van der Waals surface area (Å²) in [7, 11) is 3.08. The van der Waals surface area contributed by atoms with Crippen LogP contribution >= 0.6 is 0 Å². The van der Waals surface area contributed by atoms with Crippen molar-refractivity contribution in [2.75, 3.05) is 24.4 Å². The highest BCUT2D eigenvalue weighted by atomic mass is 16.5. The Bertz CT molecular complexity index is 1340. The summed E-state index contributed by atoms with van der Waals surface area (Å²) >= 11 is 0. The average Bonchev–Trinajstić information content (AvgIpc) is 3.01. The zero-order valence-corrected chi connectivity index (χ0v) is 24.6. The first-order valence-electron chi connectivity index (χ1n) is 14.5. The van der Waals surface area contributed by atoms with Crippen molar-refractivity contribution >= 4 is 29.2 Å². The normalized spacial score (nSPS) is 14.0. The minimum Gasteiger partial charge on any atom is -0.497 e. The van der Waals surface area contributed by atoms with Crippen molar-refractivity contribution in [3.05, 3.63) is 78.0 Å². The van der Waals surface area contributed by atoms with Gasteiger partial charge in [0, 0.05) is 31.1 Å². The van der Waals surface area contributed by atoms with Crippen molar-refractivity contribution in [2.24, 2.45) is 0 Å². The fraction of sp³-hybridized carbons (Fsp3) is 0.394. The third kappa shape index (κ3) is 8.09. The maximum atomic E-state index is 14.1. The molecule has 1 atom stereocenters. The third-order valence-corrected chi connectivity index (χ3v) is 7.49. The molecule has 1 aromatic heterocycles. The van der Waals surface area contributed by atoms with Gasteiger partial charge in [0.25, 0.3) is 0 Å². The smallest absolute Gasteiger partial charge is 0.248 e. The number of hydrogen-bond donors (Lipinski definition) is 2. The van der Waals surface area contributed by atoms with E-state index in [9.17, 15) is 14.4 Å². The molecule has 0 radical (unpaired) electrons. The van der Waals surface area contributed by atoms with Gasteiger partial charge in [0.15, 0.2) is 0 Å². The van der Waals surface area contributed by atoms with Crippen molar-refractivity contribution in [3.8, 4) is 11.5 Å². The lowest BCUT2D eigenvalue weighted by Crippen LogP contribution is -2.47. The standard InChI is InChI=1S/C33H40N4O5/c1-23-15-17-24(18-16-23)32(33(40)35-25-10-5-4-6-11-25)37(27-20-19-26(41-2)22-28(27)42-3)31(39)14-9-13-30(38)36-29-12-7-8-21-34-29/h7-8,12,15-22,25,32H,4-6,9-11,13-14H2,1-3H3,(H,35,40)(H,34,36,38)/t32-/m1/s1. The highest BCUT2D eigenvalue weighted by Crippen LogP contribution is 2.38. The summed E-state index contributed by atoms with van der Waals surface area (Å²) in [6.45, 7) is 1.98. The number of hydrogen-bond acceptors (Lipinski definition) is 6. The van der Waals surface area contributed by atoms with Crippen LogP contribution in [0.4, 0.5) is 11.5 Å². The SMILES string of the molecule is COc1ccc(N(C(=O)CCCC(=O)Nc2ccccn2)[C@@H](C(=O)NC2CCCCC2)c2ccc(C)cc2)c(OC)c1. The fourth-order valence-electron chi connectivity index (χ4n) is 5.26. The van der Waals surface area contributed by atoms with E-state index < -0.39 is 6.04 Å². The van der Waals surface area contributed by atoms with Crippen molar-refractivity contribution in [1.82, 2.24) is 10.3 Å². The summed E-state index contributed by atoms with van der Waals surface area (Å²) in [6.07, 6.45) is 7.18. The topological polar surface area (TPSA) is 110 Å². The van der Waals surface area contributed by atoms with Crippen LogP contribution in [0.2, 0.25) is 0 Å². The van der Waals surface area contributed by atoms with Gasteiger partial charge in [0.2, 0.25) is 17.7 Å². The van der Waals surface area contributed by atoms with Crippen molar-refractivity contribution < 1.29 is 23.9 Å². The van der Waals surface area contributed by atoms with E-state index in [2.05, 4.69) is 15.6 Å². The molecule has 0 bridgehead atoms. The Morgan fingerprint density at radius 2 is 1.71 bits per heavy atom. The zero-order valence-electron chi connectivity index (χ0n) is 24.6. The molecule has 9 nitrogen and oxygen atoms in total. The first kappa shape index (κ1) is 30.6. The van der Waals surface area contributed by atoms with E-state index in [1.54, 1.807) is 49.7 Å². The number of carbonyl (C=O) groups is 3. The molecule has 2 aromatic carbocycles. The third-order valence-electron chi connectivity index (χ3n) is 7.49. The van der Waals surface area contributed by atoms with Gasteiger partial charge >= 0.3 is 0 Å². The molecule has 1 saturated carbocycles. The Hall–Kier alpha value is -4.40. The molecule has 0 spiro atoms. The molecular weight excluding hydrogens is 532 g/mol. The number of ether oxygens (including phenoxy) is 2. The van der Waals surface area contributed by atoms with Crippen molar-refractivity contribution in [2.45, 2.75) is 70.4 Å². The lowest BCUT2D eigenvalue weighted by Gasteiger charge is -2.34. The molecule has 3 aromatic rings. The van der Waals surface area contributed by atoms with Crippen LogP contribution in [-0.2, 0) is 14.4 Å². The number of methoxy groups -OCH3 is 2. The van der Waals surface area contributed by atoms with Crippen LogP contribution in [0.5, 0.6) is 11.5 Å². The molecule has 0 saturated heterocycles. The number of nitrogens with one attached hydrogen (secondary N) is 2. The molecule has 4 rings (SSSR count). The number of anilines is 2. The number of rotatable bonds is 12. The van der Waals surface area contributed by atoms with Crippen LogP contribution in [0.1, 0.15) is 68.5 Å². The number of amides is 3. The first-order chi connectivity index (χ1) is 20.4. The Labute approximate surface area is 247 Å². The molecule has 9 heteroatoms. The summed E-state index contributed by atoms with van der Waals surface area (Å²) in [6, 6.07) is 17.2. The second-order valence-corrected chi connectivity index (χ2v) is 10.6.